The van der Waals surface area contributed by atoms with Crippen LogP contribution in [0.1, 0.15) is 25.7 Å². The third kappa shape index (κ3) is 2.71. The quantitative estimate of drug-likeness (QED) is 0.819. The first kappa shape index (κ1) is 14.3. The molecule has 0 aromatic heterocycles. The Morgan fingerprint density at radius 3 is 2.50 bits per heavy atom. The second kappa shape index (κ2) is 4.96. The molecule has 0 aliphatic heterocycles. The summed E-state index contributed by atoms with van der Waals surface area (Å²) < 4.78 is 40.7. The number of nitrogens with two attached hydrogens (primary N) is 1. The van der Waals surface area contributed by atoms with Gasteiger partial charge in [-0.2, -0.15) is 4.31 Å². The summed E-state index contributed by atoms with van der Waals surface area (Å²) in [5.41, 5.74) is 5.37. The summed E-state index contributed by atoms with van der Waals surface area (Å²) in [5, 5.41) is 0. The van der Waals surface area contributed by atoms with Crippen LogP contribution in [0.15, 0.2) is 21.5 Å². The highest BCUT2D eigenvalue weighted by atomic mass is 79.9. The Morgan fingerprint density at radius 2 is 1.95 bits per heavy atom. The van der Waals surface area contributed by atoms with Crippen LogP contribution in [0.25, 0.3) is 0 Å². The van der Waals surface area contributed by atoms with Crippen molar-refractivity contribution < 1.29 is 12.8 Å². The van der Waals surface area contributed by atoms with Crippen molar-refractivity contribution in [2.45, 2.75) is 36.6 Å². The molecule has 4 nitrogen and oxygen atoms in total. The van der Waals surface area contributed by atoms with Gasteiger partial charge in [0.25, 0.3) is 0 Å². The number of halogens is 2. The number of hydrogen-bond donors (Lipinski definition) is 1. The lowest BCUT2D eigenvalue weighted by Crippen LogP contribution is -2.35. The number of benzene rings is 1. The molecule has 20 heavy (non-hydrogen) atoms. The van der Waals surface area contributed by atoms with Gasteiger partial charge in [0, 0.05) is 17.1 Å². The van der Waals surface area contributed by atoms with Gasteiger partial charge < -0.3 is 5.73 Å². The molecule has 2 aliphatic rings. The largest absolute Gasteiger partial charge is 0.396 e. The van der Waals surface area contributed by atoms with Gasteiger partial charge in [0.2, 0.25) is 10.0 Å². The van der Waals surface area contributed by atoms with Crippen LogP contribution >= 0.6 is 15.9 Å². The highest BCUT2D eigenvalue weighted by molar-refractivity contribution is 9.10. The zero-order chi connectivity index (χ0) is 14.5. The fourth-order valence-corrected chi connectivity index (χ4v) is 5.00. The second-order valence-corrected chi connectivity index (χ2v) is 8.27. The summed E-state index contributed by atoms with van der Waals surface area (Å²) in [6.07, 6.45) is 3.98. The zero-order valence-corrected chi connectivity index (χ0v) is 13.3. The van der Waals surface area contributed by atoms with Crippen LogP contribution in [-0.2, 0) is 10.0 Å². The Hall–Kier alpha value is -0.660. The van der Waals surface area contributed by atoms with Gasteiger partial charge in [0.05, 0.1) is 10.6 Å². The van der Waals surface area contributed by atoms with Crippen molar-refractivity contribution in [3.05, 3.63) is 22.4 Å². The minimum Gasteiger partial charge on any atom is -0.396 e. The maximum Gasteiger partial charge on any atom is 0.244 e. The van der Waals surface area contributed by atoms with Gasteiger partial charge in [0.1, 0.15) is 5.82 Å². The highest BCUT2D eigenvalue weighted by Gasteiger charge is 2.41. The lowest BCUT2D eigenvalue weighted by molar-refractivity contribution is 0.388. The summed E-state index contributed by atoms with van der Waals surface area (Å²) in [4.78, 5) is 0.0592. The third-order valence-electron chi connectivity index (χ3n) is 3.73. The molecule has 0 amide bonds. The first-order chi connectivity index (χ1) is 9.39. The SMILES string of the molecule is Nc1cc(S(=O)(=O)N(CC2CC2)C2CC2)c(Br)cc1F. The monoisotopic (exact) mass is 362 g/mol. The lowest BCUT2D eigenvalue weighted by atomic mass is 10.3. The Morgan fingerprint density at radius 1 is 1.30 bits per heavy atom. The van der Waals surface area contributed by atoms with Crippen molar-refractivity contribution >= 4 is 31.6 Å². The van der Waals surface area contributed by atoms with Gasteiger partial charge in [0.15, 0.2) is 0 Å². The predicted molar refractivity (Wildman–Crippen MR) is 78.2 cm³/mol. The van der Waals surface area contributed by atoms with E-state index in [-0.39, 0.29) is 21.1 Å². The summed E-state index contributed by atoms with van der Waals surface area (Å²) >= 11 is 3.14. The number of anilines is 1. The standard InChI is InChI=1S/C13H16BrFN2O2S/c14-10-5-11(15)12(16)6-13(10)20(18,19)17(9-3-4-9)7-8-1-2-8/h5-6,8-9H,1-4,7,16H2. The number of rotatable bonds is 5. The zero-order valence-electron chi connectivity index (χ0n) is 10.9. The molecule has 0 spiro atoms. The molecule has 0 heterocycles. The molecule has 0 radical (unpaired) electrons. The van der Waals surface area contributed by atoms with E-state index in [2.05, 4.69) is 15.9 Å². The average Bonchev–Trinajstić information content (AvgIpc) is 3.24. The van der Waals surface area contributed by atoms with Crippen LogP contribution in [0.5, 0.6) is 0 Å². The summed E-state index contributed by atoms with van der Waals surface area (Å²) in [5.74, 6) is -0.141. The Balaban J connectivity index is 1.98. The van der Waals surface area contributed by atoms with E-state index >= 15 is 0 Å². The van der Waals surface area contributed by atoms with Gasteiger partial charge in [-0.1, -0.05) is 0 Å². The van der Waals surface area contributed by atoms with Gasteiger partial charge in [-0.25, -0.2) is 12.8 Å². The number of sulfonamides is 1. The van der Waals surface area contributed by atoms with E-state index in [9.17, 15) is 12.8 Å². The van der Waals surface area contributed by atoms with Gasteiger partial charge in [-0.15, -0.1) is 0 Å². The molecule has 7 heteroatoms. The predicted octanol–water partition coefficient (Wildman–Crippen LogP) is 2.73. The highest BCUT2D eigenvalue weighted by Crippen LogP contribution is 2.39. The molecule has 1 aromatic rings. The van der Waals surface area contributed by atoms with Crippen molar-refractivity contribution in [3.8, 4) is 0 Å². The van der Waals surface area contributed by atoms with Crippen molar-refractivity contribution in [2.75, 3.05) is 12.3 Å². The fourth-order valence-electron chi connectivity index (χ4n) is 2.23. The first-order valence-corrected chi connectivity index (χ1v) is 8.89. The van der Waals surface area contributed by atoms with Crippen molar-refractivity contribution in [1.29, 1.82) is 0 Å². The first-order valence-electron chi connectivity index (χ1n) is 6.66. The van der Waals surface area contributed by atoms with E-state index < -0.39 is 15.8 Å². The van der Waals surface area contributed by atoms with Crippen LogP contribution in [-0.4, -0.2) is 25.3 Å². The van der Waals surface area contributed by atoms with Crippen molar-refractivity contribution in [2.24, 2.45) is 5.92 Å². The minimum atomic E-state index is -3.62. The molecule has 2 fully saturated rings. The van der Waals surface area contributed by atoms with Gasteiger partial charge in [-0.05, 0) is 59.7 Å². The fraction of sp³-hybridized carbons (Fsp3) is 0.538. The molecule has 1 aromatic carbocycles. The number of nitrogen functional groups attached to an aromatic ring is 1. The lowest BCUT2D eigenvalue weighted by Gasteiger charge is -2.22. The Bertz CT molecular complexity index is 642. The van der Waals surface area contributed by atoms with Crippen LogP contribution < -0.4 is 5.73 Å². The molecule has 3 rings (SSSR count). The maximum atomic E-state index is 13.4. The molecular formula is C13H16BrFN2O2S. The molecule has 2 aliphatic carbocycles. The van der Waals surface area contributed by atoms with Crippen LogP contribution in [0, 0.1) is 11.7 Å². The molecule has 2 N–H and O–H groups in total. The summed E-state index contributed by atoms with van der Waals surface area (Å²) in [6, 6.07) is 2.42. The van der Waals surface area contributed by atoms with Crippen LogP contribution in [0.4, 0.5) is 10.1 Å². The average molecular weight is 363 g/mol. The molecular weight excluding hydrogens is 347 g/mol. The molecule has 2 saturated carbocycles. The van der Waals surface area contributed by atoms with Gasteiger partial charge >= 0.3 is 0 Å². The van der Waals surface area contributed by atoms with E-state index in [0.717, 1.165) is 31.7 Å². The van der Waals surface area contributed by atoms with Gasteiger partial charge in [-0.3, -0.25) is 0 Å². The van der Waals surface area contributed by atoms with E-state index in [1.807, 2.05) is 0 Å². The third-order valence-corrected chi connectivity index (χ3v) is 6.60. The van der Waals surface area contributed by atoms with E-state index in [0.29, 0.717) is 12.5 Å². The van der Waals surface area contributed by atoms with E-state index in [1.165, 1.54) is 6.07 Å². The van der Waals surface area contributed by atoms with E-state index in [4.69, 9.17) is 5.73 Å². The van der Waals surface area contributed by atoms with E-state index in [1.54, 1.807) is 4.31 Å². The molecule has 0 unspecified atom stereocenters. The second-order valence-electron chi connectivity index (χ2n) is 5.55. The molecule has 110 valence electrons. The van der Waals surface area contributed by atoms with Crippen molar-refractivity contribution in [1.82, 2.24) is 4.31 Å². The van der Waals surface area contributed by atoms with Crippen molar-refractivity contribution in [3.63, 3.8) is 0 Å². The van der Waals surface area contributed by atoms with Crippen LogP contribution in [0.2, 0.25) is 0 Å². The normalized spacial score (nSPS) is 19.6. The number of hydrogen-bond acceptors (Lipinski definition) is 3. The Kier molecular flexibility index (Phi) is 3.54. The smallest absolute Gasteiger partial charge is 0.244 e. The topological polar surface area (TPSA) is 63.4 Å². The Labute approximate surface area is 126 Å². The minimum absolute atomic E-state index is 0.0592. The molecule has 0 saturated heterocycles. The molecule has 0 atom stereocenters. The summed E-state index contributed by atoms with van der Waals surface area (Å²) in [6.45, 7) is 0.566. The van der Waals surface area contributed by atoms with Crippen LogP contribution in [0.3, 0.4) is 0 Å². The maximum absolute atomic E-state index is 13.4. The number of nitrogens with zero attached hydrogens (tertiary/aromatic N) is 1. The molecule has 0 bridgehead atoms. The summed E-state index contributed by atoms with van der Waals surface area (Å²) in [7, 11) is -3.62.